The average Bonchev–Trinajstić information content (AvgIpc) is 3.15. The number of fused-ring (bicyclic) bond motifs is 1. The molecule has 34 heavy (non-hydrogen) atoms. The fraction of sp³-hybridized carbons (Fsp3) is 0.542. The van der Waals surface area contributed by atoms with Crippen LogP contribution < -0.4 is 10.3 Å². The SMILES string of the molecule is CCCN(CC)S(=O)(=O)c1ccc(OCC)c(-c2nn3c(C(CC)CC)nc(C)c3c(=O)[nH]2)c1. The molecule has 0 radical (unpaired) electrons. The molecule has 0 saturated carbocycles. The molecule has 3 aromatic rings. The minimum atomic E-state index is -3.71. The molecule has 0 atom stereocenters. The van der Waals surface area contributed by atoms with Crippen molar-refractivity contribution in [2.45, 2.75) is 71.6 Å². The van der Waals surface area contributed by atoms with E-state index in [-0.39, 0.29) is 22.2 Å². The van der Waals surface area contributed by atoms with E-state index in [0.717, 1.165) is 18.7 Å². The molecule has 0 bridgehead atoms. The van der Waals surface area contributed by atoms with Crippen LogP contribution in [0, 0.1) is 6.92 Å². The van der Waals surface area contributed by atoms with Crippen LogP contribution in [-0.2, 0) is 10.0 Å². The van der Waals surface area contributed by atoms with Gasteiger partial charge in [-0.2, -0.15) is 4.31 Å². The summed E-state index contributed by atoms with van der Waals surface area (Å²) < 4.78 is 35.4. The Morgan fingerprint density at radius 3 is 2.44 bits per heavy atom. The molecule has 1 N–H and O–H groups in total. The van der Waals surface area contributed by atoms with Crippen LogP contribution in [0.3, 0.4) is 0 Å². The van der Waals surface area contributed by atoms with E-state index in [2.05, 4.69) is 23.8 Å². The third kappa shape index (κ3) is 4.74. The maximum absolute atomic E-state index is 13.3. The topological polar surface area (TPSA) is 110 Å². The molecule has 0 aliphatic rings. The highest BCUT2D eigenvalue weighted by Gasteiger charge is 2.26. The lowest BCUT2D eigenvalue weighted by Gasteiger charge is -2.20. The third-order valence-corrected chi connectivity index (χ3v) is 7.99. The first-order valence-electron chi connectivity index (χ1n) is 12.0. The Morgan fingerprint density at radius 1 is 1.15 bits per heavy atom. The Morgan fingerprint density at radius 2 is 1.85 bits per heavy atom. The third-order valence-electron chi connectivity index (χ3n) is 6.02. The summed E-state index contributed by atoms with van der Waals surface area (Å²) in [6.07, 6.45) is 2.43. The standard InChI is InChI=1S/C24H35N5O4S/c1-7-14-28(10-4)34(31,32)18-12-13-20(33-11-5)19(15-18)22-26-24(30)21-16(6)25-23(29(21)27-22)17(8-2)9-3/h12-13,15,17H,7-11,14H2,1-6H3,(H,26,27,30). The van der Waals surface area contributed by atoms with Crippen molar-refractivity contribution in [2.24, 2.45) is 0 Å². The number of aromatic amines is 1. The number of rotatable bonds is 11. The number of hydrogen-bond acceptors (Lipinski definition) is 6. The zero-order valence-corrected chi connectivity index (χ0v) is 21.7. The van der Waals surface area contributed by atoms with Crippen molar-refractivity contribution < 1.29 is 13.2 Å². The molecule has 3 rings (SSSR count). The Bertz CT molecular complexity index is 1310. The Kier molecular flexibility index (Phi) is 8.14. The van der Waals surface area contributed by atoms with Crippen molar-refractivity contribution in [3.8, 4) is 17.1 Å². The maximum atomic E-state index is 13.3. The quantitative estimate of drug-likeness (QED) is 0.434. The molecule has 2 heterocycles. The number of sulfonamides is 1. The molecule has 0 aliphatic carbocycles. The average molecular weight is 490 g/mol. The summed E-state index contributed by atoms with van der Waals surface area (Å²) >= 11 is 0. The highest BCUT2D eigenvalue weighted by atomic mass is 32.2. The lowest BCUT2D eigenvalue weighted by Crippen LogP contribution is -2.31. The molecule has 0 saturated heterocycles. The summed E-state index contributed by atoms with van der Waals surface area (Å²) in [5.74, 6) is 1.56. The van der Waals surface area contributed by atoms with Gasteiger partial charge >= 0.3 is 0 Å². The molecule has 0 unspecified atom stereocenters. The molecule has 186 valence electrons. The Labute approximate surface area is 201 Å². The van der Waals surface area contributed by atoms with Gasteiger partial charge in [0.2, 0.25) is 10.0 Å². The predicted octanol–water partition coefficient (Wildman–Crippen LogP) is 4.12. The maximum Gasteiger partial charge on any atom is 0.277 e. The van der Waals surface area contributed by atoms with Crippen LogP contribution in [0.25, 0.3) is 16.9 Å². The van der Waals surface area contributed by atoms with Crippen LogP contribution >= 0.6 is 0 Å². The molecule has 1 aromatic carbocycles. The van der Waals surface area contributed by atoms with Crippen LogP contribution in [0.4, 0.5) is 0 Å². The minimum absolute atomic E-state index is 0.131. The first-order valence-corrected chi connectivity index (χ1v) is 13.4. The van der Waals surface area contributed by atoms with Gasteiger partial charge in [0.05, 0.1) is 22.8 Å². The summed E-state index contributed by atoms with van der Waals surface area (Å²) in [5, 5.41) is 4.72. The summed E-state index contributed by atoms with van der Waals surface area (Å²) in [6, 6.07) is 4.69. The summed E-state index contributed by atoms with van der Waals surface area (Å²) in [7, 11) is -3.71. The largest absolute Gasteiger partial charge is 0.493 e. The van der Waals surface area contributed by atoms with Crippen LogP contribution in [0.15, 0.2) is 27.9 Å². The molecular formula is C24H35N5O4S. The molecular weight excluding hydrogens is 454 g/mol. The number of nitrogens with one attached hydrogen (secondary N) is 1. The van der Waals surface area contributed by atoms with E-state index >= 15 is 0 Å². The van der Waals surface area contributed by atoms with Crippen molar-refractivity contribution >= 4 is 15.5 Å². The molecule has 0 fully saturated rings. The second kappa shape index (κ2) is 10.7. The van der Waals surface area contributed by atoms with Crippen LogP contribution in [-0.4, -0.2) is 52.0 Å². The van der Waals surface area contributed by atoms with Gasteiger partial charge in [0.15, 0.2) is 11.3 Å². The lowest BCUT2D eigenvalue weighted by molar-refractivity contribution is 0.341. The van der Waals surface area contributed by atoms with Gasteiger partial charge in [-0.3, -0.25) is 4.79 Å². The fourth-order valence-electron chi connectivity index (χ4n) is 4.22. The van der Waals surface area contributed by atoms with Crippen molar-refractivity contribution in [3.63, 3.8) is 0 Å². The van der Waals surface area contributed by atoms with E-state index in [1.165, 1.54) is 16.4 Å². The number of hydrogen-bond donors (Lipinski definition) is 1. The monoisotopic (exact) mass is 489 g/mol. The summed E-state index contributed by atoms with van der Waals surface area (Å²) in [5.41, 5.74) is 1.09. The van der Waals surface area contributed by atoms with Crippen molar-refractivity contribution in [1.82, 2.24) is 23.9 Å². The number of H-pyrrole nitrogens is 1. The van der Waals surface area contributed by atoms with Gasteiger partial charge in [0.25, 0.3) is 5.56 Å². The summed E-state index contributed by atoms with van der Waals surface area (Å²) in [4.78, 5) is 20.7. The zero-order valence-electron chi connectivity index (χ0n) is 20.9. The van der Waals surface area contributed by atoms with Gasteiger partial charge < -0.3 is 9.72 Å². The molecule has 0 aliphatic heterocycles. The van der Waals surface area contributed by atoms with Gasteiger partial charge in [-0.25, -0.2) is 17.9 Å². The van der Waals surface area contributed by atoms with Gasteiger partial charge in [-0.15, -0.1) is 5.10 Å². The van der Waals surface area contributed by atoms with E-state index in [9.17, 15) is 13.2 Å². The summed E-state index contributed by atoms with van der Waals surface area (Å²) in [6.45, 7) is 12.7. The number of aryl methyl sites for hydroxylation is 1. The van der Waals surface area contributed by atoms with Crippen LogP contribution in [0.5, 0.6) is 5.75 Å². The zero-order chi connectivity index (χ0) is 25.0. The number of ether oxygens (including phenoxy) is 1. The highest BCUT2D eigenvalue weighted by Crippen LogP contribution is 2.32. The van der Waals surface area contributed by atoms with Gasteiger partial charge in [-0.1, -0.05) is 27.7 Å². The number of nitrogens with zero attached hydrogens (tertiary/aromatic N) is 4. The van der Waals surface area contributed by atoms with Crippen LogP contribution in [0.1, 0.15) is 71.3 Å². The molecule has 0 amide bonds. The normalized spacial score (nSPS) is 12.2. The molecule has 10 heteroatoms. The van der Waals surface area contributed by atoms with E-state index in [4.69, 9.17) is 9.84 Å². The molecule has 0 spiro atoms. The van der Waals surface area contributed by atoms with E-state index in [1.807, 2.05) is 20.8 Å². The van der Waals surface area contributed by atoms with Gasteiger partial charge in [-0.05, 0) is 51.3 Å². The number of imidazole rings is 1. The van der Waals surface area contributed by atoms with E-state index < -0.39 is 10.0 Å². The van der Waals surface area contributed by atoms with Gasteiger partial charge in [0, 0.05) is 19.0 Å². The predicted molar refractivity (Wildman–Crippen MR) is 133 cm³/mol. The van der Waals surface area contributed by atoms with Crippen molar-refractivity contribution in [3.05, 3.63) is 40.1 Å². The van der Waals surface area contributed by atoms with E-state index in [0.29, 0.717) is 48.6 Å². The van der Waals surface area contributed by atoms with Gasteiger partial charge in [0.1, 0.15) is 11.6 Å². The fourth-order valence-corrected chi connectivity index (χ4v) is 5.78. The Balaban J connectivity index is 2.27. The van der Waals surface area contributed by atoms with Crippen molar-refractivity contribution in [1.29, 1.82) is 0 Å². The first kappa shape index (κ1) is 25.9. The van der Waals surface area contributed by atoms with Crippen LogP contribution in [0.2, 0.25) is 0 Å². The lowest BCUT2D eigenvalue weighted by atomic mass is 10.0. The first-order chi connectivity index (χ1) is 16.2. The number of benzene rings is 1. The smallest absolute Gasteiger partial charge is 0.277 e. The molecule has 9 nitrogen and oxygen atoms in total. The molecule has 2 aromatic heterocycles. The second-order valence-corrected chi connectivity index (χ2v) is 10.2. The second-order valence-electron chi connectivity index (χ2n) is 8.22. The van der Waals surface area contributed by atoms with Crippen molar-refractivity contribution in [2.75, 3.05) is 19.7 Å². The highest BCUT2D eigenvalue weighted by molar-refractivity contribution is 7.89. The number of aromatic nitrogens is 4. The van der Waals surface area contributed by atoms with E-state index in [1.54, 1.807) is 17.5 Å². The Hall–Kier alpha value is -2.72. The minimum Gasteiger partial charge on any atom is -0.493 e.